The van der Waals surface area contributed by atoms with Crippen LogP contribution in [0.5, 0.6) is 0 Å². The van der Waals surface area contributed by atoms with Gasteiger partial charge >= 0.3 is 0 Å². The molecule has 1 unspecified atom stereocenters. The van der Waals surface area contributed by atoms with E-state index in [1.165, 1.54) is 0 Å². The Labute approximate surface area is 104 Å². The van der Waals surface area contributed by atoms with E-state index in [9.17, 15) is 0 Å². The maximum atomic E-state index is 5.74. The van der Waals surface area contributed by atoms with Gasteiger partial charge in [0.15, 0.2) is 0 Å². The Morgan fingerprint density at radius 2 is 2.00 bits per heavy atom. The van der Waals surface area contributed by atoms with Crippen LogP contribution in [0.2, 0.25) is 10.6 Å². The highest BCUT2D eigenvalue weighted by Crippen LogP contribution is 2.17. The third-order valence-electron chi connectivity index (χ3n) is 2.45. The predicted molar refractivity (Wildman–Crippen MR) is 62.1 cm³/mol. The molecule has 0 N–H and O–H groups in total. The summed E-state index contributed by atoms with van der Waals surface area (Å²) >= 11 is 11.5. The van der Waals surface area contributed by atoms with Crippen LogP contribution in [-0.4, -0.2) is 40.8 Å². The highest BCUT2D eigenvalue weighted by Gasteiger charge is 2.21. The molecular formula is C9H12Cl2N4O. The third-order valence-corrected chi connectivity index (χ3v) is 2.78. The second-order valence-corrected chi connectivity index (χ2v) is 4.20. The summed E-state index contributed by atoms with van der Waals surface area (Å²) in [6, 6.07) is 0. The Kier molecular flexibility index (Phi) is 3.78. The Morgan fingerprint density at radius 3 is 2.62 bits per heavy atom. The van der Waals surface area contributed by atoms with Crippen molar-refractivity contribution in [1.82, 2.24) is 15.0 Å². The summed E-state index contributed by atoms with van der Waals surface area (Å²) < 4.78 is 5.56. The lowest BCUT2D eigenvalue weighted by Crippen LogP contribution is -2.43. The highest BCUT2D eigenvalue weighted by molar-refractivity contribution is 6.31. The fraction of sp³-hybridized carbons (Fsp3) is 0.667. The van der Waals surface area contributed by atoms with Crippen LogP contribution in [0, 0.1) is 0 Å². The van der Waals surface area contributed by atoms with Gasteiger partial charge in [0.25, 0.3) is 0 Å². The molecule has 0 spiro atoms. The van der Waals surface area contributed by atoms with Crippen molar-refractivity contribution in [3.63, 3.8) is 0 Å². The van der Waals surface area contributed by atoms with Crippen LogP contribution in [0.15, 0.2) is 0 Å². The lowest BCUT2D eigenvalue weighted by molar-refractivity contribution is 0.0378. The van der Waals surface area contributed by atoms with Crippen molar-refractivity contribution in [3.8, 4) is 0 Å². The first-order valence-corrected chi connectivity index (χ1v) is 5.88. The molecule has 0 saturated carbocycles. The molecule has 1 atom stereocenters. The molecular weight excluding hydrogens is 251 g/mol. The maximum absolute atomic E-state index is 5.74. The molecule has 0 aromatic carbocycles. The summed E-state index contributed by atoms with van der Waals surface area (Å²) in [5.41, 5.74) is 0. The second-order valence-electron chi connectivity index (χ2n) is 3.52. The molecule has 7 heteroatoms. The lowest BCUT2D eigenvalue weighted by Gasteiger charge is -2.32. The van der Waals surface area contributed by atoms with Gasteiger partial charge < -0.3 is 9.64 Å². The summed E-state index contributed by atoms with van der Waals surface area (Å²) in [6.07, 6.45) is 1.17. The molecule has 1 saturated heterocycles. The molecule has 1 aliphatic heterocycles. The van der Waals surface area contributed by atoms with Crippen LogP contribution in [-0.2, 0) is 4.74 Å². The fourth-order valence-electron chi connectivity index (χ4n) is 1.61. The summed E-state index contributed by atoms with van der Waals surface area (Å²) in [6.45, 7) is 4.25. The molecule has 0 aliphatic carbocycles. The van der Waals surface area contributed by atoms with Gasteiger partial charge in [-0.2, -0.15) is 15.0 Å². The van der Waals surface area contributed by atoms with Crippen molar-refractivity contribution in [3.05, 3.63) is 10.6 Å². The van der Waals surface area contributed by atoms with Gasteiger partial charge in [0.2, 0.25) is 16.5 Å². The molecule has 1 aromatic rings. The molecule has 1 fully saturated rings. The molecule has 1 aliphatic rings. The van der Waals surface area contributed by atoms with Crippen molar-refractivity contribution < 1.29 is 4.74 Å². The van der Waals surface area contributed by atoms with Gasteiger partial charge in [0.05, 0.1) is 12.7 Å². The van der Waals surface area contributed by atoms with Crippen LogP contribution < -0.4 is 4.90 Å². The van der Waals surface area contributed by atoms with E-state index >= 15 is 0 Å². The molecule has 1 aromatic heterocycles. The average Bonchev–Trinajstić information content (AvgIpc) is 2.28. The number of hydrogen-bond acceptors (Lipinski definition) is 5. The minimum atomic E-state index is 0.120. The van der Waals surface area contributed by atoms with Gasteiger partial charge in [-0.1, -0.05) is 6.92 Å². The number of rotatable bonds is 2. The quantitative estimate of drug-likeness (QED) is 0.814. The average molecular weight is 263 g/mol. The monoisotopic (exact) mass is 262 g/mol. The predicted octanol–water partition coefficient (Wildman–Crippen LogP) is 1.79. The second kappa shape index (κ2) is 5.12. The third kappa shape index (κ3) is 2.72. The number of aromatic nitrogens is 3. The standard InChI is InChI=1S/C9H12Cl2N4O/c1-2-6-5-15(3-4-16-6)9-13-7(10)12-8(11)14-9/h6H,2-5H2,1H3. The lowest BCUT2D eigenvalue weighted by atomic mass is 10.2. The highest BCUT2D eigenvalue weighted by atomic mass is 35.5. The first kappa shape index (κ1) is 11.8. The zero-order valence-electron chi connectivity index (χ0n) is 8.86. The Balaban J connectivity index is 2.16. The molecule has 88 valence electrons. The maximum Gasteiger partial charge on any atom is 0.231 e. The smallest absolute Gasteiger partial charge is 0.231 e. The van der Waals surface area contributed by atoms with E-state index in [1.807, 2.05) is 4.90 Å². The fourth-order valence-corrected chi connectivity index (χ4v) is 1.96. The topological polar surface area (TPSA) is 51.1 Å². The molecule has 2 heterocycles. The molecule has 0 amide bonds. The number of nitrogens with zero attached hydrogens (tertiary/aromatic N) is 4. The number of anilines is 1. The van der Waals surface area contributed by atoms with Gasteiger partial charge in [0, 0.05) is 13.1 Å². The van der Waals surface area contributed by atoms with Crippen molar-refractivity contribution in [2.24, 2.45) is 0 Å². The SMILES string of the molecule is CCC1CN(c2nc(Cl)nc(Cl)n2)CCO1. The van der Waals surface area contributed by atoms with Gasteiger partial charge in [-0.25, -0.2) is 0 Å². The Bertz CT molecular complexity index is 356. The van der Waals surface area contributed by atoms with Gasteiger partial charge in [-0.3, -0.25) is 0 Å². The Morgan fingerprint density at radius 1 is 1.31 bits per heavy atom. The van der Waals surface area contributed by atoms with Crippen LogP contribution in [0.1, 0.15) is 13.3 Å². The van der Waals surface area contributed by atoms with E-state index in [4.69, 9.17) is 27.9 Å². The summed E-state index contributed by atoms with van der Waals surface area (Å²) in [7, 11) is 0. The van der Waals surface area contributed by atoms with E-state index in [1.54, 1.807) is 0 Å². The summed E-state index contributed by atoms with van der Waals surface area (Å²) in [4.78, 5) is 13.8. The largest absolute Gasteiger partial charge is 0.375 e. The van der Waals surface area contributed by atoms with Crippen LogP contribution in [0.3, 0.4) is 0 Å². The van der Waals surface area contributed by atoms with Crippen molar-refractivity contribution in [2.45, 2.75) is 19.4 Å². The van der Waals surface area contributed by atoms with Crippen LogP contribution in [0.25, 0.3) is 0 Å². The van der Waals surface area contributed by atoms with E-state index < -0.39 is 0 Å². The zero-order valence-corrected chi connectivity index (χ0v) is 10.4. The number of ether oxygens (including phenoxy) is 1. The zero-order chi connectivity index (χ0) is 11.5. The molecule has 5 nitrogen and oxygen atoms in total. The van der Waals surface area contributed by atoms with E-state index in [2.05, 4.69) is 21.9 Å². The van der Waals surface area contributed by atoms with Crippen LogP contribution >= 0.6 is 23.2 Å². The van der Waals surface area contributed by atoms with E-state index in [-0.39, 0.29) is 16.7 Å². The summed E-state index contributed by atoms with van der Waals surface area (Å²) in [5.74, 6) is 0.520. The van der Waals surface area contributed by atoms with Crippen molar-refractivity contribution in [1.29, 1.82) is 0 Å². The van der Waals surface area contributed by atoms with Crippen LogP contribution in [0.4, 0.5) is 5.95 Å². The Hall–Kier alpha value is -0.650. The normalized spacial score (nSPS) is 21.2. The molecule has 0 radical (unpaired) electrons. The number of halogens is 2. The van der Waals surface area contributed by atoms with E-state index in [0.717, 1.165) is 19.5 Å². The molecule has 2 rings (SSSR count). The van der Waals surface area contributed by atoms with Crippen molar-refractivity contribution in [2.75, 3.05) is 24.6 Å². The number of morpholine rings is 1. The first-order valence-electron chi connectivity index (χ1n) is 5.12. The molecule has 0 bridgehead atoms. The minimum Gasteiger partial charge on any atom is -0.375 e. The summed E-state index contributed by atoms with van der Waals surface area (Å²) in [5, 5.41) is 0.240. The van der Waals surface area contributed by atoms with Gasteiger partial charge in [-0.15, -0.1) is 0 Å². The van der Waals surface area contributed by atoms with Gasteiger partial charge in [-0.05, 0) is 29.6 Å². The number of hydrogen-bond donors (Lipinski definition) is 0. The minimum absolute atomic E-state index is 0.120. The molecule has 16 heavy (non-hydrogen) atoms. The first-order chi connectivity index (χ1) is 7.69. The van der Waals surface area contributed by atoms with E-state index in [0.29, 0.717) is 12.6 Å². The van der Waals surface area contributed by atoms with Crippen molar-refractivity contribution >= 4 is 29.2 Å². The van der Waals surface area contributed by atoms with Gasteiger partial charge in [0.1, 0.15) is 0 Å².